The van der Waals surface area contributed by atoms with Gasteiger partial charge >= 0.3 is 21.1 Å². The van der Waals surface area contributed by atoms with Gasteiger partial charge in [0.2, 0.25) is 12.3 Å². The summed E-state index contributed by atoms with van der Waals surface area (Å²) in [6, 6.07) is 14.2. The highest BCUT2D eigenvalue weighted by atomic mass is 31.3. The van der Waals surface area contributed by atoms with Crippen LogP contribution in [0.3, 0.4) is 0 Å². The molecular weight excluding hydrogens is 595 g/mol. The molecule has 2 atom stereocenters. The molecule has 0 radical (unpaired) electrons. The number of ether oxygens (including phenoxy) is 1. The number of fused-ring (bicyclic) bond motifs is 1. The van der Waals surface area contributed by atoms with E-state index in [-0.39, 0.29) is 37.0 Å². The van der Waals surface area contributed by atoms with Crippen molar-refractivity contribution in [2.24, 2.45) is 0 Å². The molecule has 0 aliphatic rings. The molecule has 0 saturated heterocycles. The Morgan fingerprint density at radius 2 is 1.88 bits per heavy atom. The van der Waals surface area contributed by atoms with E-state index < -0.39 is 33.6 Å². The second-order valence-electron chi connectivity index (χ2n) is 8.86. The molecule has 0 aliphatic heterocycles. The Morgan fingerprint density at radius 3 is 2.60 bits per heavy atom. The highest BCUT2D eigenvalue weighted by molar-refractivity contribution is 7.63. The number of halogens is 1. The van der Waals surface area contributed by atoms with Crippen molar-refractivity contribution in [1.29, 1.82) is 0 Å². The maximum Gasteiger partial charge on any atom is 0.480 e. The smallest absolute Gasteiger partial charge is 0.369 e. The first-order valence-electron chi connectivity index (χ1n) is 12.2. The van der Waals surface area contributed by atoms with E-state index in [1.165, 1.54) is 27.7 Å². The Balaban J connectivity index is 1.26. The van der Waals surface area contributed by atoms with Gasteiger partial charge in [0.05, 0.1) is 13.2 Å². The number of phosphoric acid groups is 1. The van der Waals surface area contributed by atoms with Crippen molar-refractivity contribution in [3.63, 3.8) is 0 Å². The van der Waals surface area contributed by atoms with Gasteiger partial charge in [-0.3, -0.25) is 14.3 Å². The summed E-state index contributed by atoms with van der Waals surface area (Å²) >= 11 is 0. The molecule has 220 valence electrons. The van der Waals surface area contributed by atoms with Crippen LogP contribution in [0.15, 0.2) is 78.4 Å². The first-order chi connectivity index (χ1) is 20.0. The van der Waals surface area contributed by atoms with Crippen molar-refractivity contribution in [2.75, 3.05) is 18.9 Å². The normalized spacial score (nSPS) is 14.5. The average Bonchev–Trinajstić information content (AvgIpc) is 3.59. The molecule has 0 bridgehead atoms. The minimum Gasteiger partial charge on any atom is -0.369 e. The standard InChI is InChI=1S/C24H24FN7O8P2/c25-20-12-18(17-4-2-1-3-5-17)6-7-19(20)13-30-15-31(22-21(30)23(33)29-24(26)28-22)16-38-10-11-39-42(36,37)40-41(34,35)32-9-8-27-14-32/h1-9,12,14-15H,10-11,13,16H2,(H4-,26,28,29,33,34,35,36,37)/p+1. The number of H-pyrrole nitrogens is 1. The summed E-state index contributed by atoms with van der Waals surface area (Å²) in [5, 5.41) is 0. The monoisotopic (exact) mass is 620 g/mol. The lowest BCUT2D eigenvalue weighted by molar-refractivity contribution is -0.664. The summed E-state index contributed by atoms with van der Waals surface area (Å²) < 4.78 is 57.5. The van der Waals surface area contributed by atoms with Crippen molar-refractivity contribution in [3.05, 3.63) is 95.3 Å². The topological polar surface area (TPSA) is 201 Å². The molecule has 2 unspecified atom stereocenters. The molecule has 3 heterocycles. The molecule has 0 aliphatic carbocycles. The quantitative estimate of drug-likeness (QED) is 0.0907. The van der Waals surface area contributed by atoms with Gasteiger partial charge in [-0.05, 0) is 17.2 Å². The van der Waals surface area contributed by atoms with Crippen LogP contribution in [0.25, 0.3) is 22.3 Å². The predicted molar refractivity (Wildman–Crippen MR) is 146 cm³/mol. The third-order valence-corrected chi connectivity index (χ3v) is 8.94. The summed E-state index contributed by atoms with van der Waals surface area (Å²) in [7, 11) is -9.66. The summed E-state index contributed by atoms with van der Waals surface area (Å²) in [6.07, 6.45) is 4.70. The number of nitrogens with one attached hydrogen (secondary N) is 1. The van der Waals surface area contributed by atoms with Crippen LogP contribution in [-0.4, -0.2) is 46.9 Å². The van der Waals surface area contributed by atoms with Gasteiger partial charge in [0, 0.05) is 18.0 Å². The maximum absolute atomic E-state index is 15.1. The minimum absolute atomic E-state index is 0.00858. The molecule has 5 rings (SSSR count). The van der Waals surface area contributed by atoms with Crippen molar-refractivity contribution in [2.45, 2.75) is 13.3 Å². The van der Waals surface area contributed by atoms with E-state index in [0.717, 1.165) is 18.1 Å². The number of nitrogens with two attached hydrogens (primary N) is 1. The highest BCUT2D eigenvalue weighted by Crippen LogP contribution is 2.60. The maximum atomic E-state index is 15.1. The van der Waals surface area contributed by atoms with Crippen molar-refractivity contribution >= 4 is 32.7 Å². The van der Waals surface area contributed by atoms with Crippen LogP contribution in [-0.2, 0) is 36.0 Å². The lowest BCUT2D eigenvalue weighted by atomic mass is 10.0. The van der Waals surface area contributed by atoms with Crippen LogP contribution >= 0.6 is 15.6 Å². The van der Waals surface area contributed by atoms with Crippen LogP contribution in [0.2, 0.25) is 0 Å². The van der Waals surface area contributed by atoms with Gasteiger partial charge in [-0.15, -0.1) is 0 Å². The van der Waals surface area contributed by atoms with E-state index in [9.17, 15) is 23.7 Å². The Kier molecular flexibility index (Phi) is 8.48. The molecule has 5 aromatic rings. The van der Waals surface area contributed by atoms with Crippen molar-refractivity contribution in [1.82, 2.24) is 23.9 Å². The number of hydrogen-bond donors (Lipinski definition) is 4. The Bertz CT molecular complexity index is 1860. The average molecular weight is 620 g/mol. The molecule has 18 heteroatoms. The summed E-state index contributed by atoms with van der Waals surface area (Å²) in [5.41, 5.74) is 7.32. The number of nitrogen functional groups attached to an aromatic ring is 1. The zero-order chi connectivity index (χ0) is 29.9. The van der Waals surface area contributed by atoms with Gasteiger partial charge in [0.1, 0.15) is 18.7 Å². The number of aromatic amines is 1. The Morgan fingerprint density at radius 1 is 1.10 bits per heavy atom. The van der Waals surface area contributed by atoms with Gasteiger partial charge in [-0.25, -0.2) is 27.4 Å². The fourth-order valence-corrected chi connectivity index (χ4v) is 6.40. The lowest BCUT2D eigenvalue weighted by Crippen LogP contribution is -2.37. The number of hydrogen-bond acceptors (Lipinski definition) is 9. The van der Waals surface area contributed by atoms with Crippen molar-refractivity contribution in [3.8, 4) is 11.1 Å². The highest BCUT2D eigenvalue weighted by Gasteiger charge is 2.35. The molecule has 3 aromatic heterocycles. The van der Waals surface area contributed by atoms with E-state index in [2.05, 4.69) is 19.3 Å². The SMILES string of the molecule is Nc1nc2c(c(=O)[nH]1)[n+](Cc1ccc(-c3ccccc3)cc1F)cn2COCCOP(=O)(O)OP(=O)(O)n1ccnc1. The molecule has 2 aromatic carbocycles. The predicted octanol–water partition coefficient (Wildman–Crippen LogP) is 2.40. The van der Waals surface area contributed by atoms with Gasteiger partial charge in [0.25, 0.3) is 11.2 Å². The second-order valence-corrected chi connectivity index (χ2v) is 12.2. The number of imidazole rings is 2. The van der Waals surface area contributed by atoms with E-state index >= 15 is 4.39 Å². The van der Waals surface area contributed by atoms with Crippen molar-refractivity contribution < 1.29 is 41.4 Å². The first kappa shape index (κ1) is 29.5. The zero-order valence-electron chi connectivity index (χ0n) is 21.7. The number of nitrogens with zero attached hydrogens (tertiary/aromatic N) is 5. The molecule has 5 N–H and O–H groups in total. The summed E-state index contributed by atoms with van der Waals surface area (Å²) in [6.45, 7) is -0.970. The molecule has 0 amide bonds. The van der Waals surface area contributed by atoms with Crippen LogP contribution < -0.4 is 15.9 Å². The van der Waals surface area contributed by atoms with Crippen LogP contribution in [0.4, 0.5) is 10.3 Å². The zero-order valence-corrected chi connectivity index (χ0v) is 23.5. The van der Waals surface area contributed by atoms with Crippen LogP contribution in [0, 0.1) is 5.82 Å². The third-order valence-electron chi connectivity index (χ3n) is 5.94. The Hall–Kier alpha value is -4.01. The number of rotatable bonds is 12. The molecule has 0 spiro atoms. The summed E-state index contributed by atoms with van der Waals surface area (Å²) in [4.78, 5) is 42.5. The van der Waals surface area contributed by atoms with E-state index in [1.807, 2.05) is 30.3 Å². The van der Waals surface area contributed by atoms with Gasteiger partial charge in [-0.2, -0.15) is 13.9 Å². The van der Waals surface area contributed by atoms with E-state index in [4.69, 9.17) is 15.0 Å². The Labute approximate surface area is 236 Å². The molecule has 0 fully saturated rings. The van der Waals surface area contributed by atoms with Crippen LogP contribution in [0.5, 0.6) is 0 Å². The molecule has 0 saturated carbocycles. The van der Waals surface area contributed by atoms with Gasteiger partial charge in [0.15, 0.2) is 6.73 Å². The number of benzene rings is 2. The fourth-order valence-electron chi connectivity index (χ4n) is 4.07. The van der Waals surface area contributed by atoms with Crippen LogP contribution in [0.1, 0.15) is 5.56 Å². The molecule has 42 heavy (non-hydrogen) atoms. The van der Waals surface area contributed by atoms with E-state index in [0.29, 0.717) is 15.5 Å². The first-order valence-corrected chi connectivity index (χ1v) is 15.2. The number of phosphoric ester groups is 1. The fraction of sp³-hybridized carbons (Fsp3) is 0.167. The van der Waals surface area contributed by atoms with Gasteiger partial charge < -0.3 is 20.3 Å². The lowest BCUT2D eigenvalue weighted by Gasteiger charge is -2.16. The number of anilines is 1. The second kappa shape index (κ2) is 12.1. The molecule has 15 nitrogen and oxygen atoms in total. The van der Waals surface area contributed by atoms with E-state index in [1.54, 1.807) is 12.1 Å². The number of aromatic nitrogens is 6. The molecular formula is C24H25FN7O8P2+. The van der Waals surface area contributed by atoms with Gasteiger partial charge in [-0.1, -0.05) is 42.5 Å². The largest absolute Gasteiger partial charge is 0.480 e. The summed E-state index contributed by atoms with van der Waals surface area (Å²) in [5.74, 6) is -0.612. The minimum atomic E-state index is -4.95. The third kappa shape index (κ3) is 6.72.